The average molecular weight is 355 g/mol. The summed E-state index contributed by atoms with van der Waals surface area (Å²) in [6, 6.07) is 21.5. The zero-order chi connectivity index (χ0) is 15.4. The van der Waals surface area contributed by atoms with Gasteiger partial charge in [0, 0.05) is 5.33 Å². The molecule has 0 saturated carbocycles. The van der Waals surface area contributed by atoms with Gasteiger partial charge in [0.05, 0.1) is 5.56 Å². The highest BCUT2D eigenvalue weighted by atomic mass is 79.9. The van der Waals surface area contributed by atoms with Crippen LogP contribution < -0.4 is 0 Å². The fraction of sp³-hybridized carbons (Fsp3) is 0.105. The van der Waals surface area contributed by atoms with Crippen LogP contribution in [0.4, 0.5) is 0 Å². The Bertz CT molecular complexity index is 797. The molecule has 0 aromatic heterocycles. The molecule has 110 valence electrons. The molecule has 0 fully saturated rings. The minimum absolute atomic E-state index is 0.292. The second kappa shape index (κ2) is 6.75. The monoisotopic (exact) mass is 354 g/mol. The van der Waals surface area contributed by atoms with Crippen molar-refractivity contribution < 1.29 is 9.53 Å². The third-order valence-corrected chi connectivity index (χ3v) is 4.15. The Balaban J connectivity index is 1.76. The number of alkyl halides is 1. The van der Waals surface area contributed by atoms with Gasteiger partial charge >= 0.3 is 5.97 Å². The summed E-state index contributed by atoms with van der Waals surface area (Å²) in [5, 5.41) is 2.99. The number of halogens is 1. The van der Waals surface area contributed by atoms with Crippen LogP contribution in [-0.2, 0) is 16.7 Å². The van der Waals surface area contributed by atoms with E-state index in [1.165, 1.54) is 5.56 Å². The lowest BCUT2D eigenvalue weighted by Crippen LogP contribution is -2.05. The zero-order valence-electron chi connectivity index (χ0n) is 12.0. The first-order valence-electron chi connectivity index (χ1n) is 7.06. The summed E-state index contributed by atoms with van der Waals surface area (Å²) in [6.45, 7) is 0.292. The molecule has 0 spiro atoms. The number of fused-ring (bicyclic) bond motifs is 1. The topological polar surface area (TPSA) is 26.3 Å². The maximum atomic E-state index is 12.2. The number of hydrogen-bond acceptors (Lipinski definition) is 2. The molecular weight excluding hydrogens is 340 g/mol. The number of carbonyl (C=O) groups is 1. The van der Waals surface area contributed by atoms with Gasteiger partial charge in [-0.2, -0.15) is 0 Å². The van der Waals surface area contributed by atoms with Gasteiger partial charge in [-0.25, -0.2) is 4.79 Å². The second-order valence-electron chi connectivity index (χ2n) is 5.09. The van der Waals surface area contributed by atoms with E-state index in [1.807, 2.05) is 54.6 Å². The molecule has 0 unspecified atom stereocenters. The Morgan fingerprint density at radius 3 is 2.36 bits per heavy atom. The smallest absolute Gasteiger partial charge is 0.338 e. The number of ether oxygens (including phenoxy) is 1. The predicted octanol–water partition coefficient (Wildman–Crippen LogP) is 5.09. The van der Waals surface area contributed by atoms with Gasteiger partial charge in [-0.3, -0.25) is 0 Å². The van der Waals surface area contributed by atoms with Gasteiger partial charge < -0.3 is 4.74 Å². The molecule has 2 nitrogen and oxygen atoms in total. The summed E-state index contributed by atoms with van der Waals surface area (Å²) in [6.07, 6.45) is 0. The van der Waals surface area contributed by atoms with E-state index < -0.39 is 0 Å². The highest BCUT2D eigenvalue weighted by Crippen LogP contribution is 2.20. The molecular formula is C19H15BrO2. The van der Waals surface area contributed by atoms with Crippen molar-refractivity contribution in [3.8, 4) is 0 Å². The quantitative estimate of drug-likeness (QED) is 0.481. The fourth-order valence-corrected chi connectivity index (χ4v) is 2.66. The van der Waals surface area contributed by atoms with Gasteiger partial charge in [0.25, 0.3) is 0 Å². The number of esters is 1. The van der Waals surface area contributed by atoms with Gasteiger partial charge in [0.15, 0.2) is 0 Å². The van der Waals surface area contributed by atoms with E-state index in [9.17, 15) is 4.79 Å². The van der Waals surface area contributed by atoms with E-state index in [2.05, 4.69) is 28.1 Å². The van der Waals surface area contributed by atoms with Gasteiger partial charge in [-0.05, 0) is 34.0 Å². The molecule has 0 amide bonds. The summed E-state index contributed by atoms with van der Waals surface area (Å²) in [5.41, 5.74) is 2.78. The van der Waals surface area contributed by atoms with E-state index in [0.29, 0.717) is 12.2 Å². The number of carbonyl (C=O) groups excluding carboxylic acids is 1. The Kier molecular flexibility index (Phi) is 4.54. The molecule has 0 aliphatic heterocycles. The van der Waals surface area contributed by atoms with Gasteiger partial charge in [-0.1, -0.05) is 70.5 Å². The number of rotatable bonds is 4. The summed E-state index contributed by atoms with van der Waals surface area (Å²) in [7, 11) is 0. The van der Waals surface area contributed by atoms with Crippen LogP contribution in [0.2, 0.25) is 0 Å². The number of benzene rings is 3. The lowest BCUT2D eigenvalue weighted by atomic mass is 10.0. The maximum Gasteiger partial charge on any atom is 0.338 e. The van der Waals surface area contributed by atoms with Crippen LogP contribution in [0.3, 0.4) is 0 Å². The lowest BCUT2D eigenvalue weighted by molar-refractivity contribution is 0.0473. The summed E-state index contributed by atoms with van der Waals surface area (Å²) >= 11 is 3.45. The van der Waals surface area contributed by atoms with Crippen LogP contribution in [-0.4, -0.2) is 5.97 Å². The van der Waals surface area contributed by atoms with Gasteiger partial charge in [0.1, 0.15) is 6.61 Å². The summed E-state index contributed by atoms with van der Waals surface area (Å²) < 4.78 is 5.36. The first kappa shape index (κ1) is 14.8. The van der Waals surface area contributed by atoms with Gasteiger partial charge in [-0.15, -0.1) is 0 Å². The molecule has 0 radical (unpaired) electrons. The van der Waals surface area contributed by atoms with Crippen molar-refractivity contribution >= 4 is 32.7 Å². The largest absolute Gasteiger partial charge is 0.457 e. The molecule has 0 atom stereocenters. The second-order valence-corrected chi connectivity index (χ2v) is 5.65. The average Bonchev–Trinajstić information content (AvgIpc) is 2.59. The van der Waals surface area contributed by atoms with Crippen molar-refractivity contribution in [1.82, 2.24) is 0 Å². The molecule has 3 aromatic rings. The Morgan fingerprint density at radius 2 is 1.59 bits per heavy atom. The first-order valence-corrected chi connectivity index (χ1v) is 8.18. The van der Waals surface area contributed by atoms with Crippen LogP contribution in [0.5, 0.6) is 0 Å². The Hall–Kier alpha value is -2.13. The van der Waals surface area contributed by atoms with Crippen molar-refractivity contribution in [1.29, 1.82) is 0 Å². The molecule has 0 aliphatic carbocycles. The molecule has 3 rings (SSSR count). The minimum Gasteiger partial charge on any atom is -0.457 e. The van der Waals surface area contributed by atoms with Crippen molar-refractivity contribution in [2.75, 3.05) is 0 Å². The highest BCUT2D eigenvalue weighted by molar-refractivity contribution is 9.08. The third-order valence-electron chi connectivity index (χ3n) is 3.51. The van der Waals surface area contributed by atoms with Crippen LogP contribution >= 0.6 is 15.9 Å². The molecule has 0 aliphatic rings. The SMILES string of the molecule is O=C(OCc1ccccc1)c1ccc2cc(CBr)ccc2c1. The fourth-order valence-electron chi connectivity index (χ4n) is 2.31. The maximum absolute atomic E-state index is 12.2. The Morgan fingerprint density at radius 1 is 0.864 bits per heavy atom. The van der Waals surface area contributed by atoms with Crippen LogP contribution in [0, 0.1) is 0 Å². The lowest BCUT2D eigenvalue weighted by Gasteiger charge is -2.07. The zero-order valence-corrected chi connectivity index (χ0v) is 13.5. The van der Waals surface area contributed by atoms with Crippen LogP contribution in [0.25, 0.3) is 10.8 Å². The van der Waals surface area contributed by atoms with E-state index in [1.54, 1.807) is 0 Å². The van der Waals surface area contributed by atoms with Crippen molar-refractivity contribution in [2.24, 2.45) is 0 Å². The third kappa shape index (κ3) is 3.37. The summed E-state index contributed by atoms with van der Waals surface area (Å²) in [4.78, 5) is 12.2. The Labute approximate surface area is 137 Å². The van der Waals surface area contributed by atoms with E-state index in [4.69, 9.17) is 4.74 Å². The molecule has 0 heterocycles. The standard InChI is InChI=1S/C19H15BrO2/c20-12-15-6-7-17-11-18(9-8-16(17)10-15)19(21)22-13-14-4-2-1-3-5-14/h1-11H,12-13H2. The van der Waals surface area contributed by atoms with Crippen molar-refractivity contribution in [3.05, 3.63) is 83.4 Å². The number of hydrogen-bond donors (Lipinski definition) is 0. The molecule has 0 bridgehead atoms. The van der Waals surface area contributed by atoms with E-state index in [-0.39, 0.29) is 5.97 Å². The van der Waals surface area contributed by atoms with Gasteiger partial charge in [0.2, 0.25) is 0 Å². The molecule has 3 aromatic carbocycles. The molecule has 0 saturated heterocycles. The molecule has 22 heavy (non-hydrogen) atoms. The first-order chi connectivity index (χ1) is 10.8. The minimum atomic E-state index is -0.296. The van der Waals surface area contributed by atoms with Crippen LogP contribution in [0.15, 0.2) is 66.7 Å². The van der Waals surface area contributed by atoms with Crippen molar-refractivity contribution in [3.63, 3.8) is 0 Å². The predicted molar refractivity (Wildman–Crippen MR) is 92.1 cm³/mol. The van der Waals surface area contributed by atoms with Crippen LogP contribution in [0.1, 0.15) is 21.5 Å². The summed E-state index contributed by atoms with van der Waals surface area (Å²) in [5.74, 6) is -0.296. The molecule has 3 heteroatoms. The van der Waals surface area contributed by atoms with Crippen molar-refractivity contribution in [2.45, 2.75) is 11.9 Å². The normalized spacial score (nSPS) is 10.6. The van der Waals surface area contributed by atoms with E-state index >= 15 is 0 Å². The van der Waals surface area contributed by atoms with E-state index in [0.717, 1.165) is 21.7 Å². The highest BCUT2D eigenvalue weighted by Gasteiger charge is 2.08. The molecule has 0 N–H and O–H groups in total.